The minimum absolute atomic E-state index is 0.217. The molecule has 0 atom stereocenters. The molecule has 1 aromatic carbocycles. The smallest absolute Gasteiger partial charge is 0.209 e. The van der Waals surface area contributed by atoms with E-state index >= 15 is 0 Å². The zero-order valence-corrected chi connectivity index (χ0v) is 8.88. The second kappa shape index (κ2) is 4.03. The lowest BCUT2D eigenvalue weighted by Gasteiger charge is -2.01. The first kappa shape index (κ1) is 10.2. The van der Waals surface area contributed by atoms with E-state index in [1.807, 2.05) is 6.92 Å². The summed E-state index contributed by atoms with van der Waals surface area (Å²) in [6.45, 7) is 1.89. The van der Waals surface area contributed by atoms with Crippen LogP contribution in [0.1, 0.15) is 11.5 Å². The number of hydrogen-bond donors (Lipinski definition) is 0. The summed E-state index contributed by atoms with van der Waals surface area (Å²) in [5, 5.41) is 0. The molecule has 15 heavy (non-hydrogen) atoms. The molecule has 0 saturated carbocycles. The topological polar surface area (TPSA) is 26.0 Å². The van der Waals surface area contributed by atoms with Crippen LogP contribution in [0.2, 0.25) is 0 Å². The van der Waals surface area contributed by atoms with Gasteiger partial charge in [-0.2, -0.15) is 0 Å². The van der Waals surface area contributed by atoms with Crippen molar-refractivity contribution in [1.82, 2.24) is 4.98 Å². The van der Waals surface area contributed by atoms with Crippen LogP contribution in [-0.4, -0.2) is 4.98 Å². The van der Waals surface area contributed by atoms with Gasteiger partial charge in [0.25, 0.3) is 0 Å². The highest BCUT2D eigenvalue weighted by atomic mass is 35.5. The van der Waals surface area contributed by atoms with Crippen LogP contribution < -0.4 is 0 Å². The van der Waals surface area contributed by atoms with Crippen molar-refractivity contribution in [3.8, 4) is 11.3 Å². The molecule has 1 aromatic heterocycles. The van der Waals surface area contributed by atoms with Gasteiger partial charge in [0.05, 0.1) is 12.1 Å². The van der Waals surface area contributed by atoms with Crippen molar-refractivity contribution in [1.29, 1.82) is 0 Å². The number of aryl methyl sites for hydroxylation is 1. The zero-order chi connectivity index (χ0) is 10.8. The molecule has 0 saturated heterocycles. The van der Waals surface area contributed by atoms with E-state index in [-0.39, 0.29) is 11.7 Å². The summed E-state index contributed by atoms with van der Waals surface area (Å²) >= 11 is 5.57. The van der Waals surface area contributed by atoms with Gasteiger partial charge in [-0.3, -0.25) is 0 Å². The van der Waals surface area contributed by atoms with E-state index < -0.39 is 0 Å². The van der Waals surface area contributed by atoms with E-state index in [0.717, 1.165) is 5.56 Å². The van der Waals surface area contributed by atoms with Crippen LogP contribution >= 0.6 is 11.6 Å². The predicted octanol–water partition coefficient (Wildman–Crippen LogP) is 3.53. The summed E-state index contributed by atoms with van der Waals surface area (Å²) in [4.78, 5) is 3.96. The van der Waals surface area contributed by atoms with Gasteiger partial charge in [-0.05, 0) is 24.6 Å². The molecule has 2 aromatic rings. The molecule has 4 heteroatoms. The summed E-state index contributed by atoms with van der Waals surface area (Å²) in [6.07, 6.45) is 1.56. The molecule has 2 nitrogen and oxygen atoms in total. The number of hydrogen-bond acceptors (Lipinski definition) is 2. The highest BCUT2D eigenvalue weighted by Gasteiger charge is 2.09. The Morgan fingerprint density at radius 2 is 2.27 bits per heavy atom. The van der Waals surface area contributed by atoms with Crippen molar-refractivity contribution in [3.63, 3.8) is 0 Å². The Bertz CT molecular complexity index is 481. The Hall–Kier alpha value is -1.35. The Morgan fingerprint density at radius 3 is 2.93 bits per heavy atom. The lowest BCUT2D eigenvalue weighted by atomic mass is 10.1. The highest BCUT2D eigenvalue weighted by molar-refractivity contribution is 6.16. The normalized spacial score (nSPS) is 10.6. The number of oxazole rings is 1. The monoisotopic (exact) mass is 225 g/mol. The van der Waals surface area contributed by atoms with Crippen molar-refractivity contribution >= 4 is 11.6 Å². The number of alkyl halides is 1. The molecule has 0 bridgehead atoms. The van der Waals surface area contributed by atoms with Crippen LogP contribution in [-0.2, 0) is 5.88 Å². The number of rotatable bonds is 2. The molecule has 0 aliphatic heterocycles. The third-order valence-corrected chi connectivity index (χ3v) is 2.36. The molecule has 0 fully saturated rings. The van der Waals surface area contributed by atoms with Crippen LogP contribution in [0.3, 0.4) is 0 Å². The second-order valence-electron chi connectivity index (χ2n) is 3.21. The van der Waals surface area contributed by atoms with Gasteiger partial charge in [0, 0.05) is 5.56 Å². The molecule has 78 valence electrons. The first-order chi connectivity index (χ1) is 7.20. The van der Waals surface area contributed by atoms with E-state index in [2.05, 4.69) is 4.98 Å². The molecule has 0 aliphatic carbocycles. The number of halogens is 2. The minimum Gasteiger partial charge on any atom is -0.439 e. The maximum Gasteiger partial charge on any atom is 0.209 e. The van der Waals surface area contributed by atoms with Gasteiger partial charge < -0.3 is 4.42 Å². The molecule has 2 rings (SSSR count). The van der Waals surface area contributed by atoms with Crippen LogP contribution in [0.5, 0.6) is 0 Å². The second-order valence-corrected chi connectivity index (χ2v) is 3.48. The van der Waals surface area contributed by atoms with Crippen molar-refractivity contribution in [2.24, 2.45) is 0 Å². The molecule has 0 aliphatic rings. The number of aromatic nitrogens is 1. The van der Waals surface area contributed by atoms with E-state index in [1.165, 1.54) is 12.1 Å². The van der Waals surface area contributed by atoms with Gasteiger partial charge in [-0.1, -0.05) is 6.07 Å². The average Bonchev–Trinajstić information content (AvgIpc) is 2.70. The average molecular weight is 226 g/mol. The Kier molecular flexibility index (Phi) is 2.73. The number of benzene rings is 1. The molecule has 0 spiro atoms. The van der Waals surface area contributed by atoms with Gasteiger partial charge in [0.1, 0.15) is 5.82 Å². The van der Waals surface area contributed by atoms with Crippen LogP contribution in [0, 0.1) is 12.7 Å². The van der Waals surface area contributed by atoms with Gasteiger partial charge >= 0.3 is 0 Å². The van der Waals surface area contributed by atoms with E-state index in [0.29, 0.717) is 17.2 Å². The predicted molar refractivity (Wildman–Crippen MR) is 56.2 cm³/mol. The first-order valence-corrected chi connectivity index (χ1v) is 5.01. The number of nitrogens with zero attached hydrogens (tertiary/aromatic N) is 1. The standard InChI is InChI=1S/C11H9ClFNO/c1-7-2-3-8(13)4-9(7)10-6-14-11(5-12)15-10/h2-4,6H,5H2,1H3. The lowest BCUT2D eigenvalue weighted by Crippen LogP contribution is -1.83. The summed E-state index contributed by atoms with van der Waals surface area (Å²) in [7, 11) is 0. The lowest BCUT2D eigenvalue weighted by molar-refractivity contribution is 0.527. The Balaban J connectivity index is 2.48. The summed E-state index contributed by atoms with van der Waals surface area (Å²) in [6, 6.07) is 4.54. The fraction of sp³-hybridized carbons (Fsp3) is 0.182. The Morgan fingerprint density at radius 1 is 1.47 bits per heavy atom. The fourth-order valence-electron chi connectivity index (χ4n) is 1.36. The van der Waals surface area contributed by atoms with Crippen molar-refractivity contribution in [2.75, 3.05) is 0 Å². The van der Waals surface area contributed by atoms with E-state index in [4.69, 9.17) is 16.0 Å². The fourth-order valence-corrected chi connectivity index (χ4v) is 1.48. The van der Waals surface area contributed by atoms with Crippen LogP contribution in [0.4, 0.5) is 4.39 Å². The van der Waals surface area contributed by atoms with Gasteiger partial charge in [-0.25, -0.2) is 9.37 Å². The summed E-state index contributed by atoms with van der Waals surface area (Å²) in [5.41, 5.74) is 1.65. The van der Waals surface area contributed by atoms with Crippen molar-refractivity contribution < 1.29 is 8.81 Å². The largest absolute Gasteiger partial charge is 0.439 e. The first-order valence-electron chi connectivity index (χ1n) is 4.48. The quantitative estimate of drug-likeness (QED) is 0.731. The third-order valence-electron chi connectivity index (χ3n) is 2.13. The highest BCUT2D eigenvalue weighted by Crippen LogP contribution is 2.25. The summed E-state index contributed by atoms with van der Waals surface area (Å²) < 4.78 is 18.4. The molecule has 0 radical (unpaired) electrons. The molecular formula is C11H9ClFNO. The molecule has 0 N–H and O–H groups in total. The molecule has 0 amide bonds. The molecule has 1 heterocycles. The van der Waals surface area contributed by atoms with Gasteiger partial charge in [-0.15, -0.1) is 11.6 Å². The maximum atomic E-state index is 13.0. The zero-order valence-electron chi connectivity index (χ0n) is 8.13. The van der Waals surface area contributed by atoms with E-state index in [9.17, 15) is 4.39 Å². The van der Waals surface area contributed by atoms with Gasteiger partial charge in [0.2, 0.25) is 5.89 Å². The SMILES string of the molecule is Cc1ccc(F)cc1-c1cnc(CCl)o1. The molecule has 0 unspecified atom stereocenters. The van der Waals surface area contributed by atoms with Crippen molar-refractivity contribution in [3.05, 3.63) is 41.7 Å². The summed E-state index contributed by atoms with van der Waals surface area (Å²) in [5.74, 6) is 0.909. The van der Waals surface area contributed by atoms with Crippen molar-refractivity contribution in [2.45, 2.75) is 12.8 Å². The minimum atomic E-state index is -0.292. The molecular weight excluding hydrogens is 217 g/mol. The maximum absolute atomic E-state index is 13.0. The van der Waals surface area contributed by atoms with E-state index in [1.54, 1.807) is 12.3 Å². The van der Waals surface area contributed by atoms with Crippen LogP contribution in [0.25, 0.3) is 11.3 Å². The van der Waals surface area contributed by atoms with Gasteiger partial charge in [0.15, 0.2) is 5.76 Å². The third kappa shape index (κ3) is 2.02. The van der Waals surface area contributed by atoms with Crippen LogP contribution in [0.15, 0.2) is 28.8 Å². The Labute approximate surface area is 91.7 Å².